The molecule has 0 aliphatic carbocycles. The first kappa shape index (κ1) is 16.7. The number of aromatic nitrogens is 2. The van der Waals surface area contributed by atoms with Gasteiger partial charge in [-0.2, -0.15) is 5.10 Å². The Morgan fingerprint density at radius 1 is 1.12 bits per heavy atom. The fraction of sp³-hybridized carbons (Fsp3) is 0.158. The predicted molar refractivity (Wildman–Crippen MR) is 92.7 cm³/mol. The predicted octanol–water partition coefficient (Wildman–Crippen LogP) is 4.02. The van der Waals surface area contributed by atoms with Crippen LogP contribution < -0.4 is 0 Å². The molecule has 2 aromatic carbocycles. The normalized spacial score (nSPS) is 13.1. The molecule has 0 N–H and O–H groups in total. The van der Waals surface area contributed by atoms with Crippen molar-refractivity contribution in [2.75, 3.05) is 0 Å². The van der Waals surface area contributed by atoms with Gasteiger partial charge in [0.2, 0.25) is 0 Å². The summed E-state index contributed by atoms with van der Waals surface area (Å²) in [7, 11) is 0. The molecule has 0 atom stereocenters. The van der Waals surface area contributed by atoms with E-state index in [2.05, 4.69) is 5.10 Å². The Morgan fingerprint density at radius 3 is 2.65 bits per heavy atom. The minimum absolute atomic E-state index is 0.0410. The van der Waals surface area contributed by atoms with Gasteiger partial charge in [-0.25, -0.2) is 8.78 Å². The van der Waals surface area contributed by atoms with E-state index in [-0.39, 0.29) is 16.4 Å². The van der Waals surface area contributed by atoms with E-state index in [4.69, 9.17) is 11.6 Å². The zero-order valence-corrected chi connectivity index (χ0v) is 14.4. The van der Waals surface area contributed by atoms with E-state index < -0.39 is 11.7 Å². The maximum Gasteiger partial charge on any atom is 0.257 e. The van der Waals surface area contributed by atoms with Crippen molar-refractivity contribution >= 4 is 17.5 Å². The second-order valence-electron chi connectivity index (χ2n) is 6.16. The van der Waals surface area contributed by atoms with Crippen LogP contribution in [0.4, 0.5) is 8.78 Å². The third kappa shape index (κ3) is 2.97. The Morgan fingerprint density at radius 2 is 1.88 bits per heavy atom. The maximum absolute atomic E-state index is 14.1. The topological polar surface area (TPSA) is 38.1 Å². The van der Waals surface area contributed by atoms with E-state index in [1.165, 1.54) is 24.3 Å². The monoisotopic (exact) mass is 373 g/mol. The summed E-state index contributed by atoms with van der Waals surface area (Å²) < 4.78 is 29.0. The van der Waals surface area contributed by atoms with Crippen LogP contribution in [-0.2, 0) is 19.6 Å². The Hall–Kier alpha value is -2.73. The molecule has 4 rings (SSSR count). The Balaban J connectivity index is 1.54. The number of rotatable bonds is 3. The highest BCUT2D eigenvalue weighted by Crippen LogP contribution is 2.27. The van der Waals surface area contributed by atoms with Crippen LogP contribution in [-0.4, -0.2) is 20.6 Å². The average molecular weight is 374 g/mol. The summed E-state index contributed by atoms with van der Waals surface area (Å²) >= 11 is 5.77. The maximum atomic E-state index is 14.1. The van der Waals surface area contributed by atoms with Crippen LogP contribution in [0.5, 0.6) is 0 Å². The van der Waals surface area contributed by atoms with Crippen LogP contribution in [0.15, 0.2) is 48.7 Å². The fourth-order valence-electron chi connectivity index (χ4n) is 3.09. The molecule has 0 fully saturated rings. The lowest BCUT2D eigenvalue weighted by Crippen LogP contribution is -2.27. The third-order valence-corrected chi connectivity index (χ3v) is 4.74. The minimum Gasteiger partial charge on any atom is -0.328 e. The van der Waals surface area contributed by atoms with Gasteiger partial charge in [-0.3, -0.25) is 9.48 Å². The molecular formula is C19H14ClF2N3O. The number of hydrogen-bond acceptors (Lipinski definition) is 2. The highest BCUT2D eigenvalue weighted by molar-refractivity contribution is 6.31. The molecule has 132 valence electrons. The summed E-state index contributed by atoms with van der Waals surface area (Å²) in [6.07, 6.45) is 1.71. The molecule has 26 heavy (non-hydrogen) atoms. The van der Waals surface area contributed by atoms with Gasteiger partial charge < -0.3 is 4.90 Å². The number of carbonyl (C=O) groups excluding carboxylic acids is 1. The van der Waals surface area contributed by atoms with E-state index in [0.717, 1.165) is 16.8 Å². The van der Waals surface area contributed by atoms with Crippen molar-refractivity contribution in [1.82, 2.24) is 14.7 Å². The van der Waals surface area contributed by atoms with Crippen molar-refractivity contribution in [3.05, 3.63) is 87.7 Å². The Labute approximate surface area is 153 Å². The molecule has 0 saturated heterocycles. The van der Waals surface area contributed by atoms with Crippen LogP contribution in [0.25, 0.3) is 0 Å². The van der Waals surface area contributed by atoms with Crippen LogP contribution >= 0.6 is 11.6 Å². The largest absolute Gasteiger partial charge is 0.328 e. The lowest BCUT2D eigenvalue weighted by Gasteiger charge is -2.17. The standard InChI is InChI=1S/C19H14ClF2N3O/c20-16-3-1-2-15(18(16)22)19(26)24-10-13-8-23-25(17(13)11-24)9-12-4-6-14(21)7-5-12/h1-8H,9-11H2. The number of hydrogen-bond donors (Lipinski definition) is 0. The van der Waals surface area contributed by atoms with Crippen LogP contribution in [0.2, 0.25) is 5.02 Å². The van der Waals surface area contributed by atoms with Crippen LogP contribution in [0.3, 0.4) is 0 Å². The number of amides is 1. The first-order valence-corrected chi connectivity index (χ1v) is 8.42. The van der Waals surface area contributed by atoms with Gasteiger partial charge >= 0.3 is 0 Å². The summed E-state index contributed by atoms with van der Waals surface area (Å²) in [4.78, 5) is 14.2. The van der Waals surface area contributed by atoms with Gasteiger partial charge in [-0.15, -0.1) is 0 Å². The van der Waals surface area contributed by atoms with Crippen molar-refractivity contribution in [3.63, 3.8) is 0 Å². The number of fused-ring (bicyclic) bond motifs is 1. The van der Waals surface area contributed by atoms with Gasteiger partial charge in [0.1, 0.15) is 5.82 Å². The lowest BCUT2D eigenvalue weighted by atomic mass is 10.2. The summed E-state index contributed by atoms with van der Waals surface area (Å²) in [5.41, 5.74) is 2.68. The zero-order chi connectivity index (χ0) is 18.3. The average Bonchev–Trinajstić information content (AvgIpc) is 3.21. The number of benzene rings is 2. The molecule has 4 nitrogen and oxygen atoms in total. The van der Waals surface area contributed by atoms with E-state index in [0.29, 0.717) is 19.6 Å². The Bertz CT molecular complexity index is 985. The van der Waals surface area contributed by atoms with Gasteiger partial charge in [0.25, 0.3) is 5.91 Å². The molecule has 0 saturated carbocycles. The van der Waals surface area contributed by atoms with E-state index in [1.807, 2.05) is 0 Å². The Kier molecular flexibility index (Phi) is 4.20. The van der Waals surface area contributed by atoms with Gasteiger partial charge in [0, 0.05) is 12.1 Å². The summed E-state index contributed by atoms with van der Waals surface area (Å²) in [5, 5.41) is 4.27. The molecule has 1 aliphatic rings. The fourth-order valence-corrected chi connectivity index (χ4v) is 3.26. The minimum atomic E-state index is -0.705. The first-order valence-electron chi connectivity index (χ1n) is 8.04. The van der Waals surface area contributed by atoms with E-state index in [1.54, 1.807) is 34.0 Å². The molecule has 7 heteroatoms. The highest BCUT2D eigenvalue weighted by Gasteiger charge is 2.29. The molecule has 1 aromatic heterocycles. The first-order chi connectivity index (χ1) is 12.5. The summed E-state index contributed by atoms with van der Waals surface area (Å²) in [5.74, 6) is -1.41. The van der Waals surface area contributed by atoms with E-state index in [9.17, 15) is 13.6 Å². The third-order valence-electron chi connectivity index (χ3n) is 4.45. The molecule has 1 amide bonds. The van der Waals surface area contributed by atoms with E-state index >= 15 is 0 Å². The molecule has 0 radical (unpaired) electrons. The van der Waals surface area contributed by atoms with Gasteiger partial charge in [0.15, 0.2) is 5.82 Å². The van der Waals surface area contributed by atoms with Crippen molar-refractivity contribution < 1.29 is 13.6 Å². The highest BCUT2D eigenvalue weighted by atomic mass is 35.5. The SMILES string of the molecule is O=C(c1cccc(Cl)c1F)N1Cc2cnn(Cc3ccc(F)cc3)c2C1. The molecule has 0 unspecified atom stereocenters. The van der Waals surface area contributed by atoms with Gasteiger partial charge in [0.05, 0.1) is 35.6 Å². The van der Waals surface area contributed by atoms with Crippen molar-refractivity contribution in [1.29, 1.82) is 0 Å². The quantitative estimate of drug-likeness (QED) is 0.695. The smallest absolute Gasteiger partial charge is 0.257 e. The van der Waals surface area contributed by atoms with Gasteiger partial charge in [-0.1, -0.05) is 29.8 Å². The molecule has 0 bridgehead atoms. The lowest BCUT2D eigenvalue weighted by molar-refractivity contribution is 0.0743. The second-order valence-corrected chi connectivity index (χ2v) is 6.57. The van der Waals surface area contributed by atoms with Crippen LogP contribution in [0.1, 0.15) is 27.2 Å². The summed E-state index contributed by atoms with van der Waals surface area (Å²) in [6, 6.07) is 10.6. The van der Waals surface area contributed by atoms with Crippen molar-refractivity contribution in [2.24, 2.45) is 0 Å². The van der Waals surface area contributed by atoms with Crippen molar-refractivity contribution in [3.8, 4) is 0 Å². The zero-order valence-electron chi connectivity index (χ0n) is 13.6. The molecule has 1 aliphatic heterocycles. The molecule has 2 heterocycles. The summed E-state index contributed by atoms with van der Waals surface area (Å²) in [6.45, 7) is 1.17. The van der Waals surface area contributed by atoms with Crippen LogP contribution in [0, 0.1) is 11.6 Å². The molecule has 0 spiro atoms. The van der Waals surface area contributed by atoms with Crippen molar-refractivity contribution in [2.45, 2.75) is 19.6 Å². The number of halogens is 3. The number of carbonyl (C=O) groups is 1. The molecular weight excluding hydrogens is 360 g/mol. The van der Waals surface area contributed by atoms with Gasteiger partial charge in [-0.05, 0) is 29.8 Å². The second kappa shape index (κ2) is 6.53. The molecule has 3 aromatic rings. The number of nitrogens with zero attached hydrogens (tertiary/aromatic N) is 3.